The van der Waals surface area contributed by atoms with Crippen molar-refractivity contribution >= 4 is 9.84 Å². The molecule has 1 aliphatic carbocycles. The van der Waals surface area contributed by atoms with Crippen LogP contribution in [-0.2, 0) is 14.6 Å². The molecule has 2 unspecified atom stereocenters. The SMILES string of the molecule is CCCOCCCNC1CCCC(S(C)(=O)=O)C1. The lowest BCUT2D eigenvalue weighted by Crippen LogP contribution is -2.39. The molecule has 0 radical (unpaired) electrons. The highest BCUT2D eigenvalue weighted by atomic mass is 32.2. The third kappa shape index (κ3) is 6.16. The fourth-order valence-electron chi connectivity index (χ4n) is 2.45. The molecule has 0 amide bonds. The van der Waals surface area contributed by atoms with Crippen molar-refractivity contribution in [3.63, 3.8) is 0 Å². The fourth-order valence-corrected chi connectivity index (χ4v) is 3.62. The van der Waals surface area contributed by atoms with E-state index in [0.29, 0.717) is 6.04 Å². The summed E-state index contributed by atoms with van der Waals surface area (Å²) in [6.45, 7) is 4.65. The molecule has 1 saturated carbocycles. The second-order valence-corrected chi connectivity index (χ2v) is 7.56. The van der Waals surface area contributed by atoms with Crippen molar-refractivity contribution in [2.45, 2.75) is 56.7 Å². The van der Waals surface area contributed by atoms with E-state index < -0.39 is 9.84 Å². The first-order chi connectivity index (χ1) is 8.54. The Balaban J connectivity index is 2.15. The van der Waals surface area contributed by atoms with Gasteiger partial charge in [-0.25, -0.2) is 8.42 Å². The summed E-state index contributed by atoms with van der Waals surface area (Å²) < 4.78 is 28.5. The lowest BCUT2D eigenvalue weighted by molar-refractivity contribution is 0.131. The zero-order valence-corrected chi connectivity index (χ0v) is 12.5. The maximum absolute atomic E-state index is 11.5. The number of hydrogen-bond acceptors (Lipinski definition) is 4. The number of rotatable bonds is 8. The molecule has 5 heteroatoms. The summed E-state index contributed by atoms with van der Waals surface area (Å²) in [4.78, 5) is 0. The predicted molar refractivity (Wildman–Crippen MR) is 74.6 cm³/mol. The first kappa shape index (κ1) is 15.9. The number of sulfone groups is 1. The molecular formula is C13H27NO3S. The monoisotopic (exact) mass is 277 g/mol. The molecule has 4 nitrogen and oxygen atoms in total. The molecule has 0 bridgehead atoms. The van der Waals surface area contributed by atoms with Crippen LogP contribution >= 0.6 is 0 Å². The zero-order valence-electron chi connectivity index (χ0n) is 11.7. The Bertz CT molecular complexity index is 316. The first-order valence-electron chi connectivity index (χ1n) is 7.04. The fraction of sp³-hybridized carbons (Fsp3) is 1.00. The molecule has 18 heavy (non-hydrogen) atoms. The van der Waals surface area contributed by atoms with Gasteiger partial charge in [-0.1, -0.05) is 13.3 Å². The highest BCUT2D eigenvalue weighted by Gasteiger charge is 2.28. The molecule has 0 aromatic heterocycles. The first-order valence-corrected chi connectivity index (χ1v) is 8.99. The Morgan fingerprint density at radius 2 is 2.06 bits per heavy atom. The molecule has 0 aromatic rings. The van der Waals surface area contributed by atoms with Gasteiger partial charge in [-0.2, -0.15) is 0 Å². The van der Waals surface area contributed by atoms with E-state index in [-0.39, 0.29) is 5.25 Å². The van der Waals surface area contributed by atoms with Crippen molar-refractivity contribution in [2.75, 3.05) is 26.0 Å². The molecular weight excluding hydrogens is 250 g/mol. The van der Waals surface area contributed by atoms with Crippen LogP contribution in [0.2, 0.25) is 0 Å². The van der Waals surface area contributed by atoms with Gasteiger partial charge in [-0.3, -0.25) is 0 Å². The summed E-state index contributed by atoms with van der Waals surface area (Å²) in [5, 5.41) is 3.32. The summed E-state index contributed by atoms with van der Waals surface area (Å²) in [6.07, 6.45) is 7.14. The number of nitrogens with one attached hydrogen (secondary N) is 1. The van der Waals surface area contributed by atoms with Crippen LogP contribution in [0.1, 0.15) is 45.4 Å². The Kier molecular flexibility index (Phi) is 7.19. The van der Waals surface area contributed by atoms with E-state index in [1.807, 2.05) is 0 Å². The minimum absolute atomic E-state index is 0.139. The average molecular weight is 277 g/mol. The standard InChI is InChI=1S/C13H27NO3S/c1-3-9-17-10-5-8-14-12-6-4-7-13(11-12)18(2,15)16/h12-14H,3-11H2,1-2H3. The molecule has 0 aliphatic heterocycles. The molecule has 0 saturated heterocycles. The van der Waals surface area contributed by atoms with E-state index in [2.05, 4.69) is 12.2 Å². The van der Waals surface area contributed by atoms with E-state index in [1.165, 1.54) is 6.26 Å². The van der Waals surface area contributed by atoms with Crippen LogP contribution < -0.4 is 5.32 Å². The van der Waals surface area contributed by atoms with Gasteiger partial charge in [0.05, 0.1) is 5.25 Å². The molecule has 0 aromatic carbocycles. The predicted octanol–water partition coefficient (Wildman–Crippen LogP) is 1.75. The van der Waals surface area contributed by atoms with Crippen LogP contribution in [0.3, 0.4) is 0 Å². The lowest BCUT2D eigenvalue weighted by atomic mass is 9.95. The van der Waals surface area contributed by atoms with Crippen molar-refractivity contribution in [3.8, 4) is 0 Å². The van der Waals surface area contributed by atoms with Crippen molar-refractivity contribution in [1.82, 2.24) is 5.32 Å². The van der Waals surface area contributed by atoms with Crippen LogP contribution in [0.4, 0.5) is 0 Å². The Morgan fingerprint density at radius 1 is 1.28 bits per heavy atom. The van der Waals surface area contributed by atoms with Gasteiger partial charge >= 0.3 is 0 Å². The van der Waals surface area contributed by atoms with Crippen molar-refractivity contribution in [2.24, 2.45) is 0 Å². The molecule has 108 valence electrons. The summed E-state index contributed by atoms with van der Waals surface area (Å²) in [6, 6.07) is 0.365. The smallest absolute Gasteiger partial charge is 0.150 e. The zero-order chi connectivity index (χ0) is 13.4. The van der Waals surface area contributed by atoms with Gasteiger partial charge in [-0.15, -0.1) is 0 Å². The second kappa shape index (κ2) is 8.12. The molecule has 0 heterocycles. The van der Waals surface area contributed by atoms with E-state index in [1.54, 1.807) is 0 Å². The molecule has 1 fully saturated rings. The minimum Gasteiger partial charge on any atom is -0.381 e. The van der Waals surface area contributed by atoms with Gasteiger partial charge in [0.1, 0.15) is 9.84 Å². The minimum atomic E-state index is -2.87. The van der Waals surface area contributed by atoms with Crippen LogP contribution in [0.15, 0.2) is 0 Å². The summed E-state index contributed by atoms with van der Waals surface area (Å²) >= 11 is 0. The van der Waals surface area contributed by atoms with Crippen molar-refractivity contribution in [1.29, 1.82) is 0 Å². The molecule has 1 aliphatic rings. The molecule has 2 atom stereocenters. The Hall–Kier alpha value is -0.130. The summed E-state index contributed by atoms with van der Waals surface area (Å²) in [5.41, 5.74) is 0. The number of ether oxygens (including phenoxy) is 1. The number of hydrogen-bond donors (Lipinski definition) is 1. The van der Waals surface area contributed by atoms with Gasteiger partial charge in [0, 0.05) is 25.5 Å². The van der Waals surface area contributed by atoms with Crippen LogP contribution in [-0.4, -0.2) is 45.7 Å². The van der Waals surface area contributed by atoms with Crippen LogP contribution in [0.5, 0.6) is 0 Å². The summed E-state index contributed by atoms with van der Waals surface area (Å²) in [7, 11) is -2.87. The Labute approximate surface area is 111 Å². The quantitative estimate of drug-likeness (QED) is 0.687. The molecule has 0 spiro atoms. The third-order valence-corrected chi connectivity index (χ3v) is 5.12. The van der Waals surface area contributed by atoms with Gasteiger partial charge in [0.25, 0.3) is 0 Å². The van der Waals surface area contributed by atoms with E-state index in [4.69, 9.17) is 4.74 Å². The maximum atomic E-state index is 11.5. The third-order valence-electron chi connectivity index (χ3n) is 3.48. The largest absolute Gasteiger partial charge is 0.381 e. The van der Waals surface area contributed by atoms with Crippen LogP contribution in [0.25, 0.3) is 0 Å². The van der Waals surface area contributed by atoms with Gasteiger partial charge in [0.2, 0.25) is 0 Å². The van der Waals surface area contributed by atoms with Gasteiger partial charge in [-0.05, 0) is 38.6 Å². The van der Waals surface area contributed by atoms with E-state index in [9.17, 15) is 8.42 Å². The van der Waals surface area contributed by atoms with Crippen molar-refractivity contribution < 1.29 is 13.2 Å². The maximum Gasteiger partial charge on any atom is 0.150 e. The molecule has 1 N–H and O–H groups in total. The topological polar surface area (TPSA) is 55.4 Å². The van der Waals surface area contributed by atoms with Crippen molar-refractivity contribution in [3.05, 3.63) is 0 Å². The molecule has 1 rings (SSSR count). The van der Waals surface area contributed by atoms with Gasteiger partial charge < -0.3 is 10.1 Å². The highest BCUT2D eigenvalue weighted by molar-refractivity contribution is 7.91. The lowest BCUT2D eigenvalue weighted by Gasteiger charge is -2.28. The summed E-state index contributed by atoms with van der Waals surface area (Å²) in [5.74, 6) is 0. The Morgan fingerprint density at radius 3 is 2.72 bits per heavy atom. The highest BCUT2D eigenvalue weighted by Crippen LogP contribution is 2.23. The average Bonchev–Trinajstić information content (AvgIpc) is 2.33. The van der Waals surface area contributed by atoms with Crippen LogP contribution in [0, 0.1) is 0 Å². The van der Waals surface area contributed by atoms with E-state index >= 15 is 0 Å². The van der Waals surface area contributed by atoms with E-state index in [0.717, 1.165) is 58.3 Å². The second-order valence-electron chi connectivity index (χ2n) is 5.24. The van der Waals surface area contributed by atoms with Gasteiger partial charge in [0.15, 0.2) is 0 Å². The normalized spacial score (nSPS) is 25.2.